The summed E-state index contributed by atoms with van der Waals surface area (Å²) in [6.45, 7) is 6.14. The molecule has 1 aliphatic heterocycles. The van der Waals surface area contributed by atoms with Crippen LogP contribution in [0.4, 0.5) is 5.69 Å². The molecule has 1 aromatic rings. The van der Waals surface area contributed by atoms with Crippen molar-refractivity contribution in [2.75, 3.05) is 18.1 Å². The zero-order valence-corrected chi connectivity index (χ0v) is 15.8. The molecule has 1 saturated heterocycles. The van der Waals surface area contributed by atoms with Crippen LogP contribution in [0.3, 0.4) is 0 Å². The molecule has 28 heavy (non-hydrogen) atoms. The Labute approximate surface area is 163 Å². The molecule has 0 radical (unpaired) electrons. The number of carbonyl (C=O) groups excluding carboxylic acids is 4. The van der Waals surface area contributed by atoms with Gasteiger partial charge in [-0.3, -0.25) is 14.4 Å². The summed E-state index contributed by atoms with van der Waals surface area (Å²) in [5, 5.41) is 10.6. The Bertz CT molecular complexity index is 758. The fraction of sp³-hybridized carbons (Fsp3) is 0.400. The van der Waals surface area contributed by atoms with E-state index >= 15 is 0 Å². The molecular formula is C20H23N2O6-. The van der Waals surface area contributed by atoms with Gasteiger partial charge < -0.3 is 19.5 Å². The van der Waals surface area contributed by atoms with Crippen LogP contribution < -0.4 is 14.7 Å². The number of anilines is 1. The van der Waals surface area contributed by atoms with Gasteiger partial charge in [-0.25, -0.2) is 4.90 Å². The van der Waals surface area contributed by atoms with E-state index in [1.165, 1.54) is 11.0 Å². The fourth-order valence-corrected chi connectivity index (χ4v) is 2.94. The SMILES string of the molecule is C=CCN(C(=O)CCC(=O)[O-])[C@@H]1CC(=O)N(c2ccc(OCCC)cc2)C1=O. The molecule has 8 nitrogen and oxygen atoms in total. The molecule has 0 aromatic heterocycles. The zero-order valence-electron chi connectivity index (χ0n) is 15.8. The number of hydrogen-bond donors (Lipinski definition) is 0. The minimum Gasteiger partial charge on any atom is -0.550 e. The first-order valence-electron chi connectivity index (χ1n) is 9.08. The summed E-state index contributed by atoms with van der Waals surface area (Å²) in [7, 11) is 0. The molecule has 1 atom stereocenters. The molecule has 0 spiro atoms. The molecule has 2 rings (SSSR count). The van der Waals surface area contributed by atoms with E-state index in [0.717, 1.165) is 11.3 Å². The second kappa shape index (κ2) is 9.68. The average molecular weight is 387 g/mol. The molecule has 0 saturated carbocycles. The second-order valence-corrected chi connectivity index (χ2v) is 6.34. The van der Waals surface area contributed by atoms with Gasteiger partial charge in [0.15, 0.2) is 0 Å². The number of carbonyl (C=O) groups is 4. The highest BCUT2D eigenvalue weighted by Gasteiger charge is 2.43. The number of rotatable bonds is 10. The van der Waals surface area contributed by atoms with Crippen molar-refractivity contribution in [3.63, 3.8) is 0 Å². The first-order valence-corrected chi connectivity index (χ1v) is 9.08. The third kappa shape index (κ3) is 4.97. The van der Waals surface area contributed by atoms with Gasteiger partial charge in [-0.15, -0.1) is 6.58 Å². The molecule has 1 aromatic carbocycles. The third-order valence-electron chi connectivity index (χ3n) is 4.26. The lowest BCUT2D eigenvalue weighted by atomic mass is 10.1. The molecule has 0 N–H and O–H groups in total. The van der Waals surface area contributed by atoms with Gasteiger partial charge in [0.25, 0.3) is 5.91 Å². The van der Waals surface area contributed by atoms with Crippen LogP contribution >= 0.6 is 0 Å². The Morgan fingerprint density at radius 3 is 2.54 bits per heavy atom. The maximum Gasteiger partial charge on any atom is 0.257 e. The average Bonchev–Trinajstić information content (AvgIpc) is 2.97. The summed E-state index contributed by atoms with van der Waals surface area (Å²) in [5.41, 5.74) is 0.391. The largest absolute Gasteiger partial charge is 0.550 e. The number of carboxylic acids is 1. The van der Waals surface area contributed by atoms with Crippen molar-refractivity contribution in [2.45, 2.75) is 38.6 Å². The Kier molecular flexibility index (Phi) is 7.31. The molecular weight excluding hydrogens is 364 g/mol. The molecule has 0 bridgehead atoms. The summed E-state index contributed by atoms with van der Waals surface area (Å²) < 4.78 is 5.49. The van der Waals surface area contributed by atoms with Crippen LogP contribution in [0, 0.1) is 0 Å². The summed E-state index contributed by atoms with van der Waals surface area (Å²) >= 11 is 0. The summed E-state index contributed by atoms with van der Waals surface area (Å²) in [5.74, 6) is -2.23. The highest BCUT2D eigenvalue weighted by Crippen LogP contribution is 2.28. The zero-order chi connectivity index (χ0) is 20.7. The molecule has 0 aliphatic carbocycles. The van der Waals surface area contributed by atoms with E-state index in [1.807, 2.05) is 6.92 Å². The third-order valence-corrected chi connectivity index (χ3v) is 4.26. The van der Waals surface area contributed by atoms with Crippen LogP contribution in [-0.2, 0) is 19.2 Å². The van der Waals surface area contributed by atoms with Crippen molar-refractivity contribution < 1.29 is 29.0 Å². The highest BCUT2D eigenvalue weighted by molar-refractivity contribution is 6.23. The predicted octanol–water partition coefficient (Wildman–Crippen LogP) is 0.652. The van der Waals surface area contributed by atoms with Crippen molar-refractivity contribution in [3.05, 3.63) is 36.9 Å². The lowest BCUT2D eigenvalue weighted by Gasteiger charge is -2.26. The molecule has 150 valence electrons. The van der Waals surface area contributed by atoms with Gasteiger partial charge >= 0.3 is 0 Å². The van der Waals surface area contributed by atoms with Crippen molar-refractivity contribution >= 4 is 29.4 Å². The van der Waals surface area contributed by atoms with E-state index in [0.29, 0.717) is 18.0 Å². The fourth-order valence-electron chi connectivity index (χ4n) is 2.94. The van der Waals surface area contributed by atoms with Gasteiger partial charge in [-0.1, -0.05) is 13.0 Å². The summed E-state index contributed by atoms with van der Waals surface area (Å²) in [4.78, 5) is 50.5. The van der Waals surface area contributed by atoms with Crippen LogP contribution in [-0.4, -0.2) is 47.8 Å². The molecule has 1 fully saturated rings. The maximum atomic E-state index is 12.8. The molecule has 8 heteroatoms. The van der Waals surface area contributed by atoms with Gasteiger partial charge in [0.2, 0.25) is 11.8 Å². The van der Waals surface area contributed by atoms with Crippen molar-refractivity contribution in [2.24, 2.45) is 0 Å². The number of aliphatic carboxylic acids is 1. The number of ether oxygens (including phenoxy) is 1. The first kappa shape index (κ1) is 21.1. The smallest absolute Gasteiger partial charge is 0.257 e. The van der Waals surface area contributed by atoms with Gasteiger partial charge in [0.05, 0.1) is 18.7 Å². The highest BCUT2D eigenvalue weighted by atomic mass is 16.5. The van der Waals surface area contributed by atoms with Gasteiger partial charge in [-0.05, 0) is 37.1 Å². The van der Waals surface area contributed by atoms with E-state index in [4.69, 9.17) is 4.74 Å². The second-order valence-electron chi connectivity index (χ2n) is 6.34. The monoisotopic (exact) mass is 387 g/mol. The molecule has 3 amide bonds. The molecule has 1 aliphatic rings. The number of amides is 3. The number of imide groups is 1. The van der Waals surface area contributed by atoms with Gasteiger partial charge in [0.1, 0.15) is 11.8 Å². The van der Waals surface area contributed by atoms with Crippen LogP contribution in [0.1, 0.15) is 32.6 Å². The van der Waals surface area contributed by atoms with E-state index in [2.05, 4.69) is 6.58 Å². The standard InChI is InChI=1S/C20H24N2O6/c1-3-11-21(17(23)9-10-19(25)26)16-13-18(24)22(20(16)27)14-5-7-15(8-6-14)28-12-4-2/h3,5-8,16H,1,4,9-13H2,2H3,(H,25,26)/p-1/t16-/m1/s1. The lowest BCUT2D eigenvalue weighted by Crippen LogP contribution is -2.45. The Morgan fingerprint density at radius 1 is 1.29 bits per heavy atom. The number of benzene rings is 1. The summed E-state index contributed by atoms with van der Waals surface area (Å²) in [6, 6.07) is 5.57. The first-order chi connectivity index (χ1) is 13.4. The quantitative estimate of drug-likeness (QED) is 0.431. The Morgan fingerprint density at radius 2 is 1.96 bits per heavy atom. The number of nitrogens with zero attached hydrogens (tertiary/aromatic N) is 2. The van der Waals surface area contributed by atoms with Crippen LogP contribution in [0.15, 0.2) is 36.9 Å². The number of hydrogen-bond acceptors (Lipinski definition) is 6. The van der Waals surface area contributed by atoms with Crippen LogP contribution in [0.25, 0.3) is 0 Å². The predicted molar refractivity (Wildman–Crippen MR) is 99.3 cm³/mol. The number of carboxylic acid groups (broad SMARTS) is 1. The van der Waals surface area contributed by atoms with Crippen molar-refractivity contribution in [1.29, 1.82) is 0 Å². The normalized spacial score (nSPS) is 16.2. The van der Waals surface area contributed by atoms with E-state index in [-0.39, 0.29) is 19.4 Å². The molecule has 0 unspecified atom stereocenters. The lowest BCUT2D eigenvalue weighted by molar-refractivity contribution is -0.305. The van der Waals surface area contributed by atoms with Crippen molar-refractivity contribution in [3.8, 4) is 5.75 Å². The maximum absolute atomic E-state index is 12.8. The van der Waals surface area contributed by atoms with E-state index in [1.54, 1.807) is 24.3 Å². The minimum absolute atomic E-state index is 0.0349. The molecule has 1 heterocycles. The van der Waals surface area contributed by atoms with Crippen LogP contribution in [0.2, 0.25) is 0 Å². The van der Waals surface area contributed by atoms with Crippen LogP contribution in [0.5, 0.6) is 5.75 Å². The van der Waals surface area contributed by atoms with Gasteiger partial charge in [0, 0.05) is 18.9 Å². The Balaban J connectivity index is 2.16. The topological polar surface area (TPSA) is 107 Å². The van der Waals surface area contributed by atoms with Gasteiger partial charge in [-0.2, -0.15) is 0 Å². The Hall–Kier alpha value is -3.16. The van der Waals surface area contributed by atoms with Crippen molar-refractivity contribution in [1.82, 2.24) is 4.90 Å². The minimum atomic E-state index is -1.35. The van der Waals surface area contributed by atoms with E-state index < -0.39 is 36.2 Å². The summed E-state index contributed by atoms with van der Waals surface area (Å²) in [6.07, 6.45) is 1.36. The van der Waals surface area contributed by atoms with E-state index in [9.17, 15) is 24.3 Å².